The SMILES string of the molecule is [Si]CCCOC1CC2CCC1O2. The molecule has 0 amide bonds. The van der Waals surface area contributed by atoms with Crippen molar-refractivity contribution >= 4 is 10.2 Å². The average molecular weight is 183 g/mol. The van der Waals surface area contributed by atoms with E-state index in [2.05, 4.69) is 10.2 Å². The summed E-state index contributed by atoms with van der Waals surface area (Å²) < 4.78 is 11.4. The molecule has 2 aliphatic rings. The molecule has 12 heavy (non-hydrogen) atoms. The third-order valence-corrected chi connectivity index (χ3v) is 3.06. The first-order valence-electron chi connectivity index (χ1n) is 4.82. The van der Waals surface area contributed by atoms with Gasteiger partial charge in [-0.3, -0.25) is 0 Å². The van der Waals surface area contributed by atoms with Crippen molar-refractivity contribution in [3.05, 3.63) is 0 Å². The van der Waals surface area contributed by atoms with Crippen LogP contribution in [0.2, 0.25) is 6.04 Å². The van der Waals surface area contributed by atoms with Crippen LogP contribution in [0.25, 0.3) is 0 Å². The Morgan fingerprint density at radius 3 is 2.92 bits per heavy atom. The molecule has 2 bridgehead atoms. The number of ether oxygens (including phenoxy) is 2. The molecule has 2 saturated heterocycles. The standard InChI is InChI=1S/C9H15O2Si/c12-5-1-4-10-9-6-7-2-3-8(9)11-7/h7-9H,1-6H2. The molecular weight excluding hydrogens is 168 g/mol. The number of rotatable bonds is 4. The van der Waals surface area contributed by atoms with Gasteiger partial charge in [0.15, 0.2) is 0 Å². The zero-order valence-electron chi connectivity index (χ0n) is 7.29. The van der Waals surface area contributed by atoms with Gasteiger partial charge in [-0.05, 0) is 19.3 Å². The smallest absolute Gasteiger partial charge is 0.0861 e. The van der Waals surface area contributed by atoms with E-state index in [1.807, 2.05) is 0 Å². The number of fused-ring (bicyclic) bond motifs is 2. The summed E-state index contributed by atoms with van der Waals surface area (Å²) in [7, 11) is 3.43. The van der Waals surface area contributed by atoms with E-state index in [4.69, 9.17) is 9.47 Å². The van der Waals surface area contributed by atoms with Crippen LogP contribution in [-0.4, -0.2) is 35.2 Å². The van der Waals surface area contributed by atoms with Crippen molar-refractivity contribution < 1.29 is 9.47 Å². The summed E-state index contributed by atoms with van der Waals surface area (Å²) in [5.74, 6) is 0. The minimum Gasteiger partial charge on any atom is -0.375 e. The first-order valence-corrected chi connectivity index (χ1v) is 5.52. The third-order valence-electron chi connectivity index (χ3n) is 2.70. The monoisotopic (exact) mass is 183 g/mol. The summed E-state index contributed by atoms with van der Waals surface area (Å²) in [6.45, 7) is 0.876. The summed E-state index contributed by atoms with van der Waals surface area (Å²) in [4.78, 5) is 0. The van der Waals surface area contributed by atoms with Crippen molar-refractivity contribution in [2.45, 2.75) is 50.0 Å². The predicted octanol–water partition coefficient (Wildman–Crippen LogP) is 1.30. The van der Waals surface area contributed by atoms with Crippen molar-refractivity contribution in [3.63, 3.8) is 0 Å². The first-order chi connectivity index (χ1) is 5.90. The molecule has 2 nitrogen and oxygen atoms in total. The van der Waals surface area contributed by atoms with Gasteiger partial charge in [0.05, 0.1) is 18.3 Å². The fraction of sp³-hybridized carbons (Fsp3) is 1.00. The van der Waals surface area contributed by atoms with Crippen molar-refractivity contribution in [2.75, 3.05) is 6.61 Å². The molecule has 3 unspecified atom stereocenters. The lowest BCUT2D eigenvalue weighted by Crippen LogP contribution is -2.25. The highest BCUT2D eigenvalue weighted by molar-refractivity contribution is 6.08. The van der Waals surface area contributed by atoms with Crippen LogP contribution in [0.3, 0.4) is 0 Å². The average Bonchev–Trinajstić information content (AvgIpc) is 2.65. The second-order valence-corrected chi connectivity index (χ2v) is 4.12. The van der Waals surface area contributed by atoms with Gasteiger partial charge < -0.3 is 9.47 Å². The summed E-state index contributed by atoms with van der Waals surface area (Å²) in [6.07, 6.45) is 6.04. The summed E-state index contributed by atoms with van der Waals surface area (Å²) in [5.41, 5.74) is 0. The third kappa shape index (κ3) is 1.73. The zero-order valence-corrected chi connectivity index (χ0v) is 8.29. The van der Waals surface area contributed by atoms with Gasteiger partial charge in [0.2, 0.25) is 0 Å². The molecule has 2 fully saturated rings. The molecule has 3 atom stereocenters. The van der Waals surface area contributed by atoms with Crippen molar-refractivity contribution in [1.29, 1.82) is 0 Å². The highest BCUT2D eigenvalue weighted by atomic mass is 28.1. The highest BCUT2D eigenvalue weighted by Crippen LogP contribution is 2.35. The maximum Gasteiger partial charge on any atom is 0.0861 e. The maximum atomic E-state index is 5.72. The van der Waals surface area contributed by atoms with E-state index in [0.717, 1.165) is 25.5 Å². The van der Waals surface area contributed by atoms with E-state index in [9.17, 15) is 0 Å². The Hall–Kier alpha value is 0.137. The van der Waals surface area contributed by atoms with E-state index in [1.165, 1.54) is 12.8 Å². The molecule has 0 aromatic carbocycles. The normalized spacial score (nSPS) is 39.2. The first kappa shape index (κ1) is 8.72. The second kappa shape index (κ2) is 3.90. The van der Waals surface area contributed by atoms with Crippen LogP contribution < -0.4 is 0 Å². The molecule has 3 radical (unpaired) electrons. The quantitative estimate of drug-likeness (QED) is 0.483. The van der Waals surface area contributed by atoms with Crippen LogP contribution in [0.5, 0.6) is 0 Å². The topological polar surface area (TPSA) is 18.5 Å². The number of hydrogen-bond donors (Lipinski definition) is 0. The predicted molar refractivity (Wildman–Crippen MR) is 47.4 cm³/mol. The fourth-order valence-electron chi connectivity index (χ4n) is 2.07. The molecule has 67 valence electrons. The van der Waals surface area contributed by atoms with E-state index >= 15 is 0 Å². The van der Waals surface area contributed by atoms with E-state index < -0.39 is 0 Å². The molecule has 2 heterocycles. The van der Waals surface area contributed by atoms with Gasteiger partial charge in [0, 0.05) is 23.3 Å². The summed E-state index contributed by atoms with van der Waals surface area (Å²) in [5, 5.41) is 0. The minimum absolute atomic E-state index is 0.405. The molecule has 0 aromatic heterocycles. The van der Waals surface area contributed by atoms with Crippen LogP contribution in [0, 0.1) is 0 Å². The number of hydrogen-bond acceptors (Lipinski definition) is 2. The van der Waals surface area contributed by atoms with Gasteiger partial charge >= 0.3 is 0 Å². The molecule has 0 N–H and O–H groups in total. The molecule has 0 saturated carbocycles. The Morgan fingerprint density at radius 2 is 2.33 bits per heavy atom. The Bertz CT molecular complexity index is 151. The molecule has 0 aliphatic carbocycles. The lowest BCUT2D eigenvalue weighted by molar-refractivity contribution is -0.000443. The van der Waals surface area contributed by atoms with Crippen LogP contribution in [0.15, 0.2) is 0 Å². The second-order valence-electron chi connectivity index (χ2n) is 3.62. The molecule has 2 rings (SSSR count). The lowest BCUT2D eigenvalue weighted by atomic mass is 9.98. The molecular formula is C9H15O2Si. The van der Waals surface area contributed by atoms with Crippen molar-refractivity contribution in [1.82, 2.24) is 0 Å². The van der Waals surface area contributed by atoms with Crippen molar-refractivity contribution in [2.24, 2.45) is 0 Å². The van der Waals surface area contributed by atoms with Gasteiger partial charge in [-0.1, -0.05) is 6.04 Å². The Balaban J connectivity index is 1.69. The summed E-state index contributed by atoms with van der Waals surface area (Å²) in [6, 6.07) is 1.03. The van der Waals surface area contributed by atoms with Crippen LogP contribution in [0.1, 0.15) is 25.7 Å². The Kier molecular flexibility index (Phi) is 2.83. The lowest BCUT2D eigenvalue weighted by Gasteiger charge is -2.18. The molecule has 0 aromatic rings. The summed E-state index contributed by atoms with van der Waals surface area (Å²) >= 11 is 0. The van der Waals surface area contributed by atoms with Gasteiger partial charge in [-0.25, -0.2) is 0 Å². The van der Waals surface area contributed by atoms with Crippen molar-refractivity contribution in [3.8, 4) is 0 Å². The van der Waals surface area contributed by atoms with Gasteiger partial charge in [0.1, 0.15) is 0 Å². The Morgan fingerprint density at radius 1 is 1.42 bits per heavy atom. The van der Waals surface area contributed by atoms with Gasteiger partial charge in [-0.15, -0.1) is 0 Å². The van der Waals surface area contributed by atoms with E-state index in [1.54, 1.807) is 0 Å². The minimum atomic E-state index is 0.405. The highest BCUT2D eigenvalue weighted by Gasteiger charge is 2.41. The van der Waals surface area contributed by atoms with Gasteiger partial charge in [-0.2, -0.15) is 0 Å². The zero-order chi connectivity index (χ0) is 8.39. The van der Waals surface area contributed by atoms with E-state index in [-0.39, 0.29) is 0 Å². The Labute approximate surface area is 77.0 Å². The van der Waals surface area contributed by atoms with Crippen LogP contribution in [-0.2, 0) is 9.47 Å². The largest absolute Gasteiger partial charge is 0.375 e. The maximum absolute atomic E-state index is 5.72. The van der Waals surface area contributed by atoms with Crippen LogP contribution in [0.4, 0.5) is 0 Å². The fourth-order valence-corrected chi connectivity index (χ4v) is 2.22. The molecule has 2 aliphatic heterocycles. The van der Waals surface area contributed by atoms with E-state index in [0.29, 0.717) is 18.3 Å². The molecule has 0 spiro atoms. The van der Waals surface area contributed by atoms with Crippen LogP contribution >= 0.6 is 0 Å². The van der Waals surface area contributed by atoms with Gasteiger partial charge in [0.25, 0.3) is 0 Å². The molecule has 3 heteroatoms.